The molecule has 0 spiro atoms. The summed E-state index contributed by atoms with van der Waals surface area (Å²) in [6.45, 7) is 8.14. The fourth-order valence-electron chi connectivity index (χ4n) is 3.15. The van der Waals surface area contributed by atoms with E-state index in [1.165, 1.54) is 22.4 Å². The number of benzene rings is 1. The molecule has 23 heavy (non-hydrogen) atoms. The van der Waals surface area contributed by atoms with Gasteiger partial charge < -0.3 is 4.42 Å². The molecular weight excluding hydrogens is 282 g/mol. The lowest BCUT2D eigenvalue weighted by atomic mass is 9.96. The highest BCUT2D eigenvalue weighted by atomic mass is 16.3. The molecular formula is C21H23NO. The Morgan fingerprint density at radius 3 is 2.65 bits per heavy atom. The van der Waals surface area contributed by atoms with Crippen molar-refractivity contribution in [2.75, 3.05) is 0 Å². The van der Waals surface area contributed by atoms with Crippen molar-refractivity contribution in [3.05, 3.63) is 65.4 Å². The fourth-order valence-corrected chi connectivity index (χ4v) is 3.15. The summed E-state index contributed by atoms with van der Waals surface area (Å²) in [5.41, 5.74) is 7.47. The van der Waals surface area contributed by atoms with Gasteiger partial charge in [0.25, 0.3) is 0 Å². The lowest BCUT2D eigenvalue weighted by molar-refractivity contribution is 0.575. The Balaban J connectivity index is 1.96. The van der Waals surface area contributed by atoms with Crippen LogP contribution in [0.4, 0.5) is 5.88 Å². The number of nitrogens with zero attached hydrogens (tertiary/aromatic N) is 1. The molecule has 0 amide bonds. The van der Waals surface area contributed by atoms with E-state index in [0.29, 0.717) is 5.88 Å². The maximum absolute atomic E-state index is 5.62. The average Bonchev–Trinajstić information content (AvgIpc) is 2.81. The second kappa shape index (κ2) is 6.82. The molecule has 0 bridgehead atoms. The number of aliphatic imine (C=N–C) groups is 1. The van der Waals surface area contributed by atoms with Gasteiger partial charge in [-0.3, -0.25) is 0 Å². The Kier molecular flexibility index (Phi) is 4.61. The highest BCUT2D eigenvalue weighted by molar-refractivity contribution is 5.97. The molecule has 0 unspecified atom stereocenters. The Morgan fingerprint density at radius 1 is 1.13 bits per heavy atom. The molecule has 1 heterocycles. The first kappa shape index (κ1) is 15.5. The normalized spacial score (nSPS) is 17.4. The molecule has 0 fully saturated rings. The maximum Gasteiger partial charge on any atom is 0.226 e. The smallest absolute Gasteiger partial charge is 0.226 e. The number of hydrogen-bond donors (Lipinski definition) is 0. The summed E-state index contributed by atoms with van der Waals surface area (Å²) in [4.78, 5) is 4.82. The number of hydrogen-bond acceptors (Lipinski definition) is 2. The van der Waals surface area contributed by atoms with Gasteiger partial charge in [0.15, 0.2) is 0 Å². The van der Waals surface area contributed by atoms with Crippen LogP contribution in [0.25, 0.3) is 11.6 Å². The predicted molar refractivity (Wildman–Crippen MR) is 98.1 cm³/mol. The average molecular weight is 305 g/mol. The van der Waals surface area contributed by atoms with E-state index in [4.69, 9.17) is 9.41 Å². The molecule has 0 atom stereocenters. The van der Waals surface area contributed by atoms with Crippen molar-refractivity contribution in [1.82, 2.24) is 0 Å². The molecule has 0 radical (unpaired) electrons. The molecule has 2 aromatic rings. The highest BCUT2D eigenvalue weighted by Gasteiger charge is 2.16. The van der Waals surface area contributed by atoms with Crippen molar-refractivity contribution in [2.24, 2.45) is 4.99 Å². The third kappa shape index (κ3) is 3.37. The number of rotatable bonds is 3. The summed E-state index contributed by atoms with van der Waals surface area (Å²) in [6, 6.07) is 10.6. The van der Waals surface area contributed by atoms with Crippen LogP contribution in [0.3, 0.4) is 0 Å². The SMILES string of the molecule is C=Cc1c(C)coc1N=C1CCCC(C)=C(c2ccccc2)C1. The van der Waals surface area contributed by atoms with E-state index in [2.05, 4.69) is 43.8 Å². The van der Waals surface area contributed by atoms with E-state index in [0.717, 1.165) is 36.8 Å². The van der Waals surface area contributed by atoms with Crippen molar-refractivity contribution in [1.29, 1.82) is 0 Å². The fraction of sp³-hybridized carbons (Fsp3) is 0.286. The van der Waals surface area contributed by atoms with Crippen molar-refractivity contribution in [3.8, 4) is 0 Å². The standard InChI is InChI=1S/C21H23NO/c1-4-19-16(3)14-23-21(19)22-18-12-8-9-15(2)20(13-18)17-10-6-5-7-11-17/h4-7,10-11,14H,1,8-9,12-13H2,2-3H3. The third-order valence-corrected chi connectivity index (χ3v) is 4.50. The molecule has 1 aliphatic carbocycles. The van der Waals surface area contributed by atoms with Gasteiger partial charge in [-0.1, -0.05) is 48.6 Å². The number of aryl methyl sites for hydroxylation is 1. The molecule has 0 saturated carbocycles. The van der Waals surface area contributed by atoms with E-state index in [1.54, 1.807) is 6.26 Å². The molecule has 2 nitrogen and oxygen atoms in total. The van der Waals surface area contributed by atoms with Crippen LogP contribution < -0.4 is 0 Å². The summed E-state index contributed by atoms with van der Waals surface area (Å²) in [5, 5.41) is 0. The van der Waals surface area contributed by atoms with Crippen LogP contribution in [0.5, 0.6) is 0 Å². The van der Waals surface area contributed by atoms with Crippen LogP contribution in [-0.2, 0) is 0 Å². The first-order valence-corrected chi connectivity index (χ1v) is 8.20. The predicted octanol–water partition coefficient (Wildman–Crippen LogP) is 6.35. The minimum atomic E-state index is 0.694. The van der Waals surface area contributed by atoms with Crippen LogP contribution in [0.2, 0.25) is 0 Å². The molecule has 3 rings (SSSR count). The lowest BCUT2D eigenvalue weighted by Crippen LogP contribution is -1.98. The topological polar surface area (TPSA) is 25.5 Å². The van der Waals surface area contributed by atoms with Crippen molar-refractivity contribution >= 4 is 23.2 Å². The second-order valence-electron chi connectivity index (χ2n) is 6.17. The molecule has 0 saturated heterocycles. The zero-order valence-electron chi connectivity index (χ0n) is 13.9. The van der Waals surface area contributed by atoms with Crippen LogP contribution in [-0.4, -0.2) is 5.71 Å². The number of furan rings is 1. The first-order chi connectivity index (χ1) is 11.2. The van der Waals surface area contributed by atoms with E-state index in [1.807, 2.05) is 13.0 Å². The third-order valence-electron chi connectivity index (χ3n) is 4.50. The highest BCUT2D eigenvalue weighted by Crippen LogP contribution is 2.32. The van der Waals surface area contributed by atoms with Crippen LogP contribution >= 0.6 is 0 Å². The van der Waals surface area contributed by atoms with E-state index in [-0.39, 0.29) is 0 Å². The quantitative estimate of drug-likeness (QED) is 0.648. The lowest BCUT2D eigenvalue weighted by Gasteiger charge is -2.10. The van der Waals surface area contributed by atoms with Crippen molar-refractivity contribution < 1.29 is 4.42 Å². The molecule has 0 aliphatic heterocycles. The van der Waals surface area contributed by atoms with Gasteiger partial charge in [-0.25, -0.2) is 4.99 Å². The van der Waals surface area contributed by atoms with Gasteiger partial charge in [-0.15, -0.1) is 0 Å². The molecule has 1 aromatic carbocycles. The zero-order valence-corrected chi connectivity index (χ0v) is 13.9. The van der Waals surface area contributed by atoms with E-state index >= 15 is 0 Å². The van der Waals surface area contributed by atoms with Crippen LogP contribution in [0, 0.1) is 6.92 Å². The van der Waals surface area contributed by atoms with Gasteiger partial charge in [0.1, 0.15) is 0 Å². The molecule has 0 N–H and O–H groups in total. The Morgan fingerprint density at radius 2 is 1.91 bits per heavy atom. The Bertz CT molecular complexity index is 762. The van der Waals surface area contributed by atoms with E-state index in [9.17, 15) is 0 Å². The summed E-state index contributed by atoms with van der Waals surface area (Å²) < 4.78 is 5.62. The summed E-state index contributed by atoms with van der Waals surface area (Å²) >= 11 is 0. The largest absolute Gasteiger partial charge is 0.446 e. The summed E-state index contributed by atoms with van der Waals surface area (Å²) in [6.07, 6.45) is 7.77. The summed E-state index contributed by atoms with van der Waals surface area (Å²) in [5.74, 6) is 0.694. The van der Waals surface area contributed by atoms with Gasteiger partial charge in [-0.2, -0.15) is 0 Å². The molecule has 1 aromatic heterocycles. The maximum atomic E-state index is 5.62. The van der Waals surface area contributed by atoms with Gasteiger partial charge in [-0.05, 0) is 49.8 Å². The van der Waals surface area contributed by atoms with Crippen molar-refractivity contribution in [2.45, 2.75) is 39.5 Å². The van der Waals surface area contributed by atoms with Gasteiger partial charge in [0.2, 0.25) is 5.88 Å². The monoisotopic (exact) mass is 305 g/mol. The Labute approximate surface area is 138 Å². The first-order valence-electron chi connectivity index (χ1n) is 8.20. The Hall–Kier alpha value is -2.35. The van der Waals surface area contributed by atoms with Gasteiger partial charge in [0.05, 0.1) is 6.26 Å². The molecule has 118 valence electrons. The minimum absolute atomic E-state index is 0.694. The van der Waals surface area contributed by atoms with Crippen LogP contribution in [0.15, 0.2) is 58.2 Å². The van der Waals surface area contributed by atoms with Crippen molar-refractivity contribution in [3.63, 3.8) is 0 Å². The molecule has 2 heteroatoms. The summed E-state index contributed by atoms with van der Waals surface area (Å²) in [7, 11) is 0. The minimum Gasteiger partial charge on any atom is -0.446 e. The van der Waals surface area contributed by atoms with Gasteiger partial charge in [0, 0.05) is 17.7 Å². The van der Waals surface area contributed by atoms with Gasteiger partial charge >= 0.3 is 0 Å². The zero-order chi connectivity index (χ0) is 16.2. The second-order valence-corrected chi connectivity index (χ2v) is 6.17. The van der Waals surface area contributed by atoms with Crippen LogP contribution in [0.1, 0.15) is 49.3 Å². The number of allylic oxidation sites excluding steroid dienone is 2. The van der Waals surface area contributed by atoms with E-state index < -0.39 is 0 Å². The molecule has 1 aliphatic rings.